The number of cyclic esters (lactones) is 1. The van der Waals surface area contributed by atoms with E-state index in [4.69, 9.17) is 23.7 Å². The highest BCUT2D eigenvalue weighted by Crippen LogP contribution is 2.44. The maximum Gasteiger partial charge on any atom is 0.410 e. The van der Waals surface area contributed by atoms with E-state index in [-0.39, 0.29) is 30.1 Å². The van der Waals surface area contributed by atoms with E-state index in [0.717, 1.165) is 11.0 Å². The minimum atomic E-state index is -1.39. The van der Waals surface area contributed by atoms with Crippen LogP contribution < -0.4 is 0 Å². The number of hydrogen-bond donors (Lipinski definition) is 1. The number of unbranched alkanes of at least 4 members (excludes halogenated alkanes) is 1. The fourth-order valence-electron chi connectivity index (χ4n) is 9.70. The molecule has 318 valence electrons. The molecule has 2 unspecified atom stereocenters. The predicted molar refractivity (Wildman–Crippen MR) is 212 cm³/mol. The maximum absolute atomic E-state index is 14.8. The molecule has 2 aromatic rings. The van der Waals surface area contributed by atoms with Gasteiger partial charge in [0.1, 0.15) is 29.4 Å². The van der Waals surface area contributed by atoms with Gasteiger partial charge in [-0.25, -0.2) is 9.78 Å². The van der Waals surface area contributed by atoms with Crippen molar-refractivity contribution in [3.8, 4) is 0 Å². The Labute approximate surface area is 337 Å². The molecule has 5 rings (SSSR count). The molecule has 2 aromatic heterocycles. The van der Waals surface area contributed by atoms with E-state index in [1.165, 1.54) is 14.0 Å². The number of esters is 1. The van der Waals surface area contributed by atoms with Gasteiger partial charge in [-0.1, -0.05) is 48.0 Å². The van der Waals surface area contributed by atoms with Crippen LogP contribution in [0.1, 0.15) is 108 Å². The molecule has 3 fully saturated rings. The van der Waals surface area contributed by atoms with Crippen molar-refractivity contribution < 1.29 is 48.0 Å². The summed E-state index contributed by atoms with van der Waals surface area (Å²) in [5.74, 6) is -4.82. The number of pyridine rings is 1. The van der Waals surface area contributed by atoms with E-state index >= 15 is 0 Å². The van der Waals surface area contributed by atoms with Crippen molar-refractivity contribution in [1.82, 2.24) is 19.4 Å². The number of aryl methyl sites for hydroxylation is 1. The van der Waals surface area contributed by atoms with Crippen LogP contribution in [0.3, 0.4) is 0 Å². The molecule has 0 aromatic carbocycles. The Kier molecular flexibility index (Phi) is 14.3. The summed E-state index contributed by atoms with van der Waals surface area (Å²) >= 11 is 0. The van der Waals surface area contributed by atoms with Crippen molar-refractivity contribution in [3.63, 3.8) is 0 Å². The Balaban J connectivity index is 1.48. The Morgan fingerprint density at radius 1 is 1.02 bits per heavy atom. The largest absolute Gasteiger partial charge is 0.457 e. The number of carbonyl (C=O) groups excluding carboxylic acids is 4. The van der Waals surface area contributed by atoms with Crippen molar-refractivity contribution in [2.75, 3.05) is 13.7 Å². The van der Waals surface area contributed by atoms with Crippen LogP contribution in [0, 0.1) is 35.5 Å². The molecule has 14 nitrogen and oxygen atoms in total. The highest BCUT2D eigenvalue weighted by atomic mass is 16.7. The summed E-state index contributed by atoms with van der Waals surface area (Å²) in [5.41, 5.74) is -0.872. The summed E-state index contributed by atoms with van der Waals surface area (Å²) in [7, 11) is 1.51. The van der Waals surface area contributed by atoms with Gasteiger partial charge in [-0.05, 0) is 77.7 Å². The number of Topliss-reactive ketones (excluding diaryl/α,β-unsaturated/α-hetero) is 2. The molecule has 3 aliphatic rings. The highest BCUT2D eigenvalue weighted by molar-refractivity contribution is 6.00. The third-order valence-corrected chi connectivity index (χ3v) is 13.1. The number of fused-ring (bicyclic) bond motifs is 2. The second-order valence-electron chi connectivity index (χ2n) is 17.6. The summed E-state index contributed by atoms with van der Waals surface area (Å²) in [5, 5.41) is 11.5. The van der Waals surface area contributed by atoms with E-state index < -0.39 is 83.4 Å². The topological polar surface area (TPSA) is 169 Å². The first-order valence-electron chi connectivity index (χ1n) is 20.9. The van der Waals surface area contributed by atoms with Gasteiger partial charge in [-0.3, -0.25) is 19.4 Å². The smallest absolute Gasteiger partial charge is 0.410 e. The average Bonchev–Trinajstić information content (AvgIpc) is 3.71. The first-order valence-corrected chi connectivity index (χ1v) is 20.9. The second kappa shape index (κ2) is 18.2. The van der Waals surface area contributed by atoms with Crippen LogP contribution in [0.2, 0.25) is 0 Å². The Morgan fingerprint density at radius 3 is 2.39 bits per heavy atom. The van der Waals surface area contributed by atoms with Crippen LogP contribution in [0.25, 0.3) is 11.0 Å². The number of rotatable bonds is 11. The number of ketones is 2. The number of methoxy groups -OCH3 is 1. The minimum absolute atomic E-state index is 0.111. The molecular weight excluding hydrogens is 732 g/mol. The fraction of sp³-hybridized carbons (Fsp3) is 0.767. The predicted octanol–water partition coefficient (Wildman–Crippen LogP) is 6.15. The molecule has 0 bridgehead atoms. The average molecular weight is 799 g/mol. The summed E-state index contributed by atoms with van der Waals surface area (Å²) in [6, 6.07) is 1.14. The number of ether oxygens (including phenoxy) is 5. The second-order valence-corrected chi connectivity index (χ2v) is 17.6. The van der Waals surface area contributed by atoms with Gasteiger partial charge in [-0.2, -0.15) is 0 Å². The molecule has 5 heterocycles. The molecule has 0 radical (unpaired) electrons. The van der Waals surface area contributed by atoms with E-state index in [2.05, 4.69) is 9.97 Å². The molecule has 14 heteroatoms. The van der Waals surface area contributed by atoms with E-state index in [0.29, 0.717) is 45.2 Å². The normalized spacial score (nSPS) is 37.3. The number of nitrogens with zero attached hydrogens (tertiary/aromatic N) is 4. The molecule has 0 aliphatic carbocycles. The molecule has 3 aliphatic heterocycles. The Morgan fingerprint density at radius 2 is 1.72 bits per heavy atom. The molecule has 3 saturated heterocycles. The number of amides is 1. The lowest BCUT2D eigenvalue weighted by atomic mass is 9.73. The van der Waals surface area contributed by atoms with E-state index in [1.54, 1.807) is 44.4 Å². The summed E-state index contributed by atoms with van der Waals surface area (Å²) in [4.78, 5) is 67.3. The van der Waals surface area contributed by atoms with Gasteiger partial charge in [0, 0.05) is 44.1 Å². The van der Waals surface area contributed by atoms with Gasteiger partial charge < -0.3 is 38.3 Å². The molecule has 13 atom stereocenters. The molecule has 0 saturated carbocycles. The zero-order valence-electron chi connectivity index (χ0n) is 35.8. The van der Waals surface area contributed by atoms with Crippen LogP contribution in [-0.2, 0) is 44.6 Å². The first-order chi connectivity index (χ1) is 26.9. The van der Waals surface area contributed by atoms with Gasteiger partial charge in [0.15, 0.2) is 17.7 Å². The lowest BCUT2D eigenvalue weighted by Crippen LogP contribution is -2.59. The van der Waals surface area contributed by atoms with Gasteiger partial charge in [0.25, 0.3) is 0 Å². The molecule has 1 N–H and O–H groups in total. The SMILES string of the molecule is CCCC1OC(=O)[C@H](C)C(=O)[C@H](C)C(O[C@@H]2O[C@H](C)C[C@H](C(C)C)[C@H]2O)[C@](C)(OC)C[C@@H](C)C(=O)[C@H](C)[C@@H]2N(CCCCn3cnc4cnccc43)C(=O)O[C@]12C. The van der Waals surface area contributed by atoms with Crippen molar-refractivity contribution in [2.24, 2.45) is 35.5 Å². The van der Waals surface area contributed by atoms with E-state index in [1.807, 2.05) is 52.2 Å². The van der Waals surface area contributed by atoms with E-state index in [9.17, 15) is 24.3 Å². The van der Waals surface area contributed by atoms with Crippen LogP contribution in [0.15, 0.2) is 24.8 Å². The number of carbonyl (C=O) groups is 4. The molecule has 1 amide bonds. The van der Waals surface area contributed by atoms with Crippen molar-refractivity contribution in [1.29, 1.82) is 0 Å². The lowest BCUT2D eigenvalue weighted by molar-refractivity contribution is -0.299. The zero-order chi connectivity index (χ0) is 42.0. The highest BCUT2D eigenvalue weighted by Gasteiger charge is 2.60. The van der Waals surface area contributed by atoms with Crippen molar-refractivity contribution >= 4 is 34.7 Å². The number of hydrogen-bond acceptors (Lipinski definition) is 12. The summed E-state index contributed by atoms with van der Waals surface area (Å²) < 4.78 is 33.5. The molecular formula is C43H66N4O10. The maximum atomic E-state index is 14.8. The minimum Gasteiger partial charge on any atom is -0.457 e. The van der Waals surface area contributed by atoms with Crippen LogP contribution in [0.5, 0.6) is 0 Å². The molecule has 0 spiro atoms. The van der Waals surface area contributed by atoms with Crippen LogP contribution >= 0.6 is 0 Å². The number of aliphatic hydroxyl groups excluding tert-OH is 1. The number of aliphatic hydroxyl groups is 1. The number of imidazole rings is 1. The van der Waals surface area contributed by atoms with Crippen LogP contribution in [-0.4, -0.2) is 110 Å². The van der Waals surface area contributed by atoms with Gasteiger partial charge in [-0.15, -0.1) is 0 Å². The third-order valence-electron chi connectivity index (χ3n) is 13.1. The Hall–Kier alpha value is -3.46. The lowest BCUT2D eigenvalue weighted by Gasteiger charge is -2.47. The van der Waals surface area contributed by atoms with Crippen LogP contribution in [0.4, 0.5) is 4.79 Å². The van der Waals surface area contributed by atoms with Crippen molar-refractivity contribution in [3.05, 3.63) is 24.8 Å². The third kappa shape index (κ3) is 9.08. The number of aromatic nitrogens is 3. The van der Waals surface area contributed by atoms with Gasteiger partial charge >= 0.3 is 12.1 Å². The quantitative estimate of drug-likeness (QED) is 0.157. The molecule has 57 heavy (non-hydrogen) atoms. The zero-order valence-corrected chi connectivity index (χ0v) is 35.8. The van der Waals surface area contributed by atoms with Gasteiger partial charge in [0.2, 0.25) is 0 Å². The standard InChI is InChI=1S/C43H66N4O10/c1-12-15-33-43(10)37(47(41(52)57-43)19-14-13-18-46-23-45-31-22-44-17-16-32(31)46)27(6)34(48)25(4)21-42(9,53-11)38(28(7)35(49)29(8)39(51)55-33)56-40-36(50)30(24(2)3)20-26(5)54-40/h16-17,22-30,33,36-38,40,50H,12-15,18-21H2,1-11H3/t25-,26-,27+,28+,29-,30-,33?,36-,37+,38?,40+,42-,43-/m1/s1. The summed E-state index contributed by atoms with van der Waals surface area (Å²) in [6.07, 6.45) is 3.47. The van der Waals surface area contributed by atoms with Gasteiger partial charge in [0.05, 0.1) is 41.9 Å². The monoisotopic (exact) mass is 798 g/mol. The Bertz CT molecular complexity index is 1730. The van der Waals surface area contributed by atoms with Crippen molar-refractivity contribution in [2.45, 2.75) is 162 Å². The summed E-state index contributed by atoms with van der Waals surface area (Å²) in [6.45, 7) is 19.3. The fourth-order valence-corrected chi connectivity index (χ4v) is 9.70. The first kappa shape index (κ1) is 44.6.